The van der Waals surface area contributed by atoms with Crippen LogP contribution >= 0.6 is 0 Å². The Bertz CT molecular complexity index is 291. The molecule has 1 N–H and O–H groups in total. The van der Waals surface area contributed by atoms with Gasteiger partial charge in [0.05, 0.1) is 0 Å². The Morgan fingerprint density at radius 1 is 1.17 bits per heavy atom. The summed E-state index contributed by atoms with van der Waals surface area (Å²) < 4.78 is 0. The minimum Gasteiger partial charge on any atom is -0.316 e. The third kappa shape index (κ3) is 2.02. The van der Waals surface area contributed by atoms with Gasteiger partial charge in [0.1, 0.15) is 0 Å². The van der Waals surface area contributed by atoms with Crippen molar-refractivity contribution in [2.75, 3.05) is 19.6 Å². The molecule has 3 rings (SSSR count). The molecule has 2 heteroatoms. The zero-order valence-corrected chi connectivity index (χ0v) is 12.4. The summed E-state index contributed by atoms with van der Waals surface area (Å²) in [5.41, 5.74) is 0. The minimum atomic E-state index is 0.864. The monoisotopic (exact) mass is 250 g/mol. The Hall–Kier alpha value is -0.0800. The molecule has 2 aliphatic heterocycles. The van der Waals surface area contributed by atoms with Gasteiger partial charge in [-0.25, -0.2) is 0 Å². The molecule has 1 aliphatic carbocycles. The standard InChI is InChI=1S/C16H30N2/c1-4-15-14-9-17-8-13(14)10-18(15)16-7-5-6-11(2)12(16)3/h11-17H,4-10H2,1-3H3. The first-order valence-corrected chi connectivity index (χ1v) is 8.18. The smallest absolute Gasteiger partial charge is 0.0140 e. The average Bonchev–Trinajstić information content (AvgIpc) is 2.92. The zero-order chi connectivity index (χ0) is 12.7. The maximum atomic E-state index is 3.61. The molecule has 0 radical (unpaired) electrons. The van der Waals surface area contributed by atoms with E-state index in [2.05, 4.69) is 31.0 Å². The van der Waals surface area contributed by atoms with E-state index in [1.807, 2.05) is 0 Å². The number of nitrogens with zero attached hydrogens (tertiary/aromatic N) is 1. The van der Waals surface area contributed by atoms with Crippen LogP contribution in [0.5, 0.6) is 0 Å². The fraction of sp³-hybridized carbons (Fsp3) is 1.00. The van der Waals surface area contributed by atoms with Crippen molar-refractivity contribution in [3.05, 3.63) is 0 Å². The molecule has 104 valence electrons. The van der Waals surface area contributed by atoms with Crippen LogP contribution < -0.4 is 5.32 Å². The molecule has 2 nitrogen and oxygen atoms in total. The zero-order valence-electron chi connectivity index (χ0n) is 12.4. The molecule has 0 amide bonds. The number of hydrogen-bond donors (Lipinski definition) is 1. The Morgan fingerprint density at radius 3 is 2.78 bits per heavy atom. The molecule has 3 aliphatic rings. The van der Waals surface area contributed by atoms with E-state index in [-0.39, 0.29) is 0 Å². The Labute approximate surface area is 113 Å². The minimum absolute atomic E-state index is 0.864. The Kier molecular flexibility index (Phi) is 3.68. The van der Waals surface area contributed by atoms with Crippen LogP contribution in [0.2, 0.25) is 0 Å². The second-order valence-corrected chi connectivity index (χ2v) is 7.09. The van der Waals surface area contributed by atoms with Crippen molar-refractivity contribution >= 4 is 0 Å². The lowest BCUT2D eigenvalue weighted by Gasteiger charge is -2.43. The third-order valence-corrected chi connectivity index (χ3v) is 6.27. The molecule has 0 bridgehead atoms. The van der Waals surface area contributed by atoms with Crippen LogP contribution in [0.4, 0.5) is 0 Å². The molecular formula is C16H30N2. The van der Waals surface area contributed by atoms with Gasteiger partial charge < -0.3 is 5.32 Å². The second kappa shape index (κ2) is 5.13. The van der Waals surface area contributed by atoms with E-state index in [0.717, 1.165) is 35.8 Å². The average molecular weight is 250 g/mol. The van der Waals surface area contributed by atoms with E-state index in [1.165, 1.54) is 45.3 Å². The van der Waals surface area contributed by atoms with Crippen molar-refractivity contribution in [1.29, 1.82) is 0 Å². The predicted molar refractivity (Wildman–Crippen MR) is 76.6 cm³/mol. The molecular weight excluding hydrogens is 220 g/mol. The molecule has 1 saturated carbocycles. The molecule has 0 aromatic carbocycles. The van der Waals surface area contributed by atoms with E-state index in [9.17, 15) is 0 Å². The maximum Gasteiger partial charge on any atom is 0.0140 e. The van der Waals surface area contributed by atoms with Crippen LogP contribution in [0, 0.1) is 23.7 Å². The highest BCUT2D eigenvalue weighted by Gasteiger charge is 2.47. The summed E-state index contributed by atoms with van der Waals surface area (Å²) in [4.78, 5) is 2.93. The lowest BCUT2D eigenvalue weighted by Crippen LogP contribution is -2.48. The summed E-state index contributed by atoms with van der Waals surface area (Å²) in [5.74, 6) is 3.72. The fourth-order valence-corrected chi connectivity index (χ4v) is 5.00. The van der Waals surface area contributed by atoms with Crippen LogP contribution in [-0.2, 0) is 0 Å². The molecule has 18 heavy (non-hydrogen) atoms. The van der Waals surface area contributed by atoms with Gasteiger partial charge in [-0.3, -0.25) is 4.90 Å². The van der Waals surface area contributed by atoms with Gasteiger partial charge in [-0.2, -0.15) is 0 Å². The second-order valence-electron chi connectivity index (χ2n) is 7.09. The van der Waals surface area contributed by atoms with Gasteiger partial charge in [-0.05, 0) is 49.6 Å². The molecule has 2 heterocycles. The first kappa shape index (κ1) is 12.9. The molecule has 0 aromatic heterocycles. The quantitative estimate of drug-likeness (QED) is 0.811. The summed E-state index contributed by atoms with van der Waals surface area (Å²) in [6.07, 6.45) is 5.71. The highest BCUT2D eigenvalue weighted by Crippen LogP contribution is 2.41. The molecule has 2 saturated heterocycles. The summed E-state index contributed by atoms with van der Waals surface area (Å²) in [5, 5.41) is 3.61. The largest absolute Gasteiger partial charge is 0.316 e. The number of nitrogens with one attached hydrogen (secondary N) is 1. The van der Waals surface area contributed by atoms with Crippen LogP contribution in [0.15, 0.2) is 0 Å². The highest BCUT2D eigenvalue weighted by atomic mass is 15.2. The van der Waals surface area contributed by atoms with Crippen LogP contribution in [0.25, 0.3) is 0 Å². The predicted octanol–water partition coefficient (Wildman–Crippen LogP) is 2.74. The normalized spacial score (nSPS) is 49.5. The van der Waals surface area contributed by atoms with Gasteiger partial charge in [-0.15, -0.1) is 0 Å². The summed E-state index contributed by atoms with van der Waals surface area (Å²) in [7, 11) is 0. The van der Waals surface area contributed by atoms with Crippen LogP contribution in [-0.4, -0.2) is 36.6 Å². The van der Waals surface area contributed by atoms with Crippen molar-refractivity contribution in [3.63, 3.8) is 0 Å². The number of hydrogen-bond acceptors (Lipinski definition) is 2. The summed E-state index contributed by atoms with van der Waals surface area (Å²) in [6.45, 7) is 11.3. The van der Waals surface area contributed by atoms with Gasteiger partial charge in [0.2, 0.25) is 0 Å². The topological polar surface area (TPSA) is 15.3 Å². The molecule has 0 spiro atoms. The van der Waals surface area contributed by atoms with Crippen molar-refractivity contribution < 1.29 is 0 Å². The van der Waals surface area contributed by atoms with Gasteiger partial charge in [0, 0.05) is 18.6 Å². The van der Waals surface area contributed by atoms with Crippen LogP contribution in [0.1, 0.15) is 46.5 Å². The SMILES string of the molecule is CCC1C2CNCC2CN1C1CCCC(C)C1C. The highest BCUT2D eigenvalue weighted by molar-refractivity contribution is 5.01. The van der Waals surface area contributed by atoms with Crippen molar-refractivity contribution in [2.24, 2.45) is 23.7 Å². The van der Waals surface area contributed by atoms with Gasteiger partial charge >= 0.3 is 0 Å². The van der Waals surface area contributed by atoms with Crippen molar-refractivity contribution in [2.45, 2.75) is 58.5 Å². The van der Waals surface area contributed by atoms with E-state index in [1.54, 1.807) is 0 Å². The lowest BCUT2D eigenvalue weighted by atomic mass is 9.77. The van der Waals surface area contributed by atoms with E-state index in [4.69, 9.17) is 0 Å². The number of fused-ring (bicyclic) bond motifs is 1. The van der Waals surface area contributed by atoms with Crippen molar-refractivity contribution in [3.8, 4) is 0 Å². The Morgan fingerprint density at radius 2 is 2.00 bits per heavy atom. The summed E-state index contributed by atoms with van der Waals surface area (Å²) >= 11 is 0. The molecule has 0 aromatic rings. The first-order chi connectivity index (χ1) is 8.72. The molecule has 3 fully saturated rings. The number of likely N-dealkylation sites (tertiary alicyclic amines) is 1. The van der Waals surface area contributed by atoms with Crippen LogP contribution in [0.3, 0.4) is 0 Å². The van der Waals surface area contributed by atoms with E-state index >= 15 is 0 Å². The molecule has 6 unspecified atom stereocenters. The fourth-order valence-electron chi connectivity index (χ4n) is 5.00. The van der Waals surface area contributed by atoms with Gasteiger partial charge in [-0.1, -0.05) is 33.6 Å². The third-order valence-electron chi connectivity index (χ3n) is 6.27. The van der Waals surface area contributed by atoms with E-state index < -0.39 is 0 Å². The van der Waals surface area contributed by atoms with Crippen molar-refractivity contribution in [1.82, 2.24) is 10.2 Å². The summed E-state index contributed by atoms with van der Waals surface area (Å²) in [6, 6.07) is 1.74. The number of rotatable bonds is 2. The molecule has 6 atom stereocenters. The Balaban J connectivity index is 1.75. The maximum absolute atomic E-state index is 3.61. The van der Waals surface area contributed by atoms with Gasteiger partial charge in [0.25, 0.3) is 0 Å². The van der Waals surface area contributed by atoms with E-state index in [0.29, 0.717) is 0 Å². The lowest BCUT2D eigenvalue weighted by molar-refractivity contribution is 0.0602. The van der Waals surface area contributed by atoms with Gasteiger partial charge in [0.15, 0.2) is 0 Å². The first-order valence-electron chi connectivity index (χ1n) is 8.18.